The van der Waals surface area contributed by atoms with E-state index in [-0.39, 0.29) is 5.78 Å². The molecule has 72 valence electrons. The summed E-state index contributed by atoms with van der Waals surface area (Å²) in [4.78, 5) is 11.2. The molecule has 1 aliphatic carbocycles. The largest absolute Gasteiger partial charge is 0.878 e. The molecule has 4 heteroatoms. The third kappa shape index (κ3) is 1.47. The van der Waals surface area contributed by atoms with Gasteiger partial charge in [-0.2, -0.15) is 0 Å². The van der Waals surface area contributed by atoms with Crippen molar-refractivity contribution < 1.29 is 19.4 Å². The summed E-state index contributed by atoms with van der Waals surface area (Å²) in [5.74, 6) is -0.732. The number of hydrogen-bond acceptors (Lipinski definition) is 4. The fraction of sp³-hybridized carbons (Fsp3) is 0.667. The summed E-state index contributed by atoms with van der Waals surface area (Å²) < 4.78 is 10.8. The molecule has 0 radical (unpaired) electrons. The van der Waals surface area contributed by atoms with Gasteiger partial charge in [0.05, 0.1) is 13.2 Å². The second-order valence-corrected chi connectivity index (χ2v) is 3.35. The summed E-state index contributed by atoms with van der Waals surface area (Å²) in [5, 5.41) is 10.5. The van der Waals surface area contributed by atoms with Gasteiger partial charge in [0.25, 0.3) is 0 Å². The van der Waals surface area contributed by atoms with Gasteiger partial charge in [-0.25, -0.2) is 0 Å². The van der Waals surface area contributed by atoms with Gasteiger partial charge in [0.1, 0.15) is 0 Å². The minimum absolute atomic E-state index is 0.0697. The van der Waals surface area contributed by atoms with Gasteiger partial charge < -0.3 is 14.6 Å². The molecular formula is C9H11O4-. The third-order valence-electron chi connectivity index (χ3n) is 2.51. The van der Waals surface area contributed by atoms with Crippen LogP contribution in [0, 0.1) is 0 Å². The molecule has 0 bridgehead atoms. The molecule has 0 amide bonds. The highest BCUT2D eigenvalue weighted by Crippen LogP contribution is 2.36. The Balaban J connectivity index is 2.14. The Labute approximate surface area is 76.1 Å². The van der Waals surface area contributed by atoms with Crippen LogP contribution in [-0.2, 0) is 14.3 Å². The van der Waals surface area contributed by atoms with E-state index in [9.17, 15) is 9.90 Å². The number of ketones is 1. The van der Waals surface area contributed by atoms with E-state index in [2.05, 4.69) is 0 Å². The van der Waals surface area contributed by atoms with Crippen molar-refractivity contribution in [3.05, 3.63) is 11.8 Å². The number of carbonyl (C=O) groups is 1. The SMILES string of the molecule is O=C1CCC2(C/C1=C/[O-])OCCO2. The van der Waals surface area contributed by atoms with Crippen molar-refractivity contribution in [2.24, 2.45) is 0 Å². The summed E-state index contributed by atoms with van der Waals surface area (Å²) in [6.07, 6.45) is 1.86. The Kier molecular flexibility index (Phi) is 2.09. The van der Waals surface area contributed by atoms with Crippen LogP contribution in [0.2, 0.25) is 0 Å². The van der Waals surface area contributed by atoms with Crippen LogP contribution >= 0.6 is 0 Å². The monoisotopic (exact) mass is 183 g/mol. The Morgan fingerprint density at radius 3 is 2.69 bits per heavy atom. The summed E-state index contributed by atoms with van der Waals surface area (Å²) >= 11 is 0. The molecule has 13 heavy (non-hydrogen) atoms. The Morgan fingerprint density at radius 1 is 1.38 bits per heavy atom. The quantitative estimate of drug-likeness (QED) is 0.383. The van der Waals surface area contributed by atoms with Crippen molar-refractivity contribution in [3.8, 4) is 0 Å². The van der Waals surface area contributed by atoms with Gasteiger partial charge in [-0.05, 0) is 5.57 Å². The Hall–Kier alpha value is -0.870. The highest BCUT2D eigenvalue weighted by molar-refractivity contribution is 5.96. The molecule has 2 aliphatic rings. The zero-order chi connectivity index (χ0) is 9.31. The van der Waals surface area contributed by atoms with E-state index in [4.69, 9.17) is 9.47 Å². The summed E-state index contributed by atoms with van der Waals surface area (Å²) in [7, 11) is 0. The lowest BCUT2D eigenvalue weighted by Crippen LogP contribution is -2.37. The highest BCUT2D eigenvalue weighted by atomic mass is 16.7. The summed E-state index contributed by atoms with van der Waals surface area (Å²) in [5.41, 5.74) is 0.299. The van der Waals surface area contributed by atoms with Crippen LogP contribution in [0.5, 0.6) is 0 Å². The third-order valence-corrected chi connectivity index (χ3v) is 2.51. The summed E-state index contributed by atoms with van der Waals surface area (Å²) in [6.45, 7) is 1.11. The first kappa shape index (κ1) is 8.72. The van der Waals surface area contributed by atoms with Crippen molar-refractivity contribution in [3.63, 3.8) is 0 Å². The van der Waals surface area contributed by atoms with E-state index >= 15 is 0 Å². The first-order valence-electron chi connectivity index (χ1n) is 4.38. The molecule has 1 saturated heterocycles. The van der Waals surface area contributed by atoms with Gasteiger partial charge in [0.15, 0.2) is 11.6 Å². The number of carbonyl (C=O) groups excluding carboxylic acids is 1. The molecule has 1 spiro atoms. The zero-order valence-corrected chi connectivity index (χ0v) is 7.25. The first-order valence-corrected chi connectivity index (χ1v) is 4.38. The lowest BCUT2D eigenvalue weighted by molar-refractivity contribution is -0.277. The predicted molar refractivity (Wildman–Crippen MR) is 41.6 cm³/mol. The van der Waals surface area contributed by atoms with Crippen LogP contribution in [-0.4, -0.2) is 24.8 Å². The van der Waals surface area contributed by atoms with Crippen molar-refractivity contribution >= 4 is 5.78 Å². The van der Waals surface area contributed by atoms with Gasteiger partial charge >= 0.3 is 0 Å². The van der Waals surface area contributed by atoms with E-state index < -0.39 is 5.79 Å². The maximum Gasteiger partial charge on any atom is 0.173 e. The van der Waals surface area contributed by atoms with Crippen LogP contribution in [0.4, 0.5) is 0 Å². The first-order chi connectivity index (χ1) is 6.26. The maximum atomic E-state index is 11.2. The normalized spacial score (nSPS) is 30.2. The lowest BCUT2D eigenvalue weighted by Gasteiger charge is -2.32. The van der Waals surface area contributed by atoms with Crippen molar-refractivity contribution in [2.45, 2.75) is 25.0 Å². The average Bonchev–Trinajstić information content (AvgIpc) is 2.59. The molecule has 0 unspecified atom stereocenters. The molecule has 0 aromatic rings. The number of Topliss-reactive ketones (excluding diaryl/α,β-unsaturated/α-hetero) is 1. The fourth-order valence-corrected chi connectivity index (χ4v) is 1.79. The number of ether oxygens (including phenoxy) is 2. The summed E-state index contributed by atoms with van der Waals surface area (Å²) in [6, 6.07) is 0. The van der Waals surface area contributed by atoms with Crippen molar-refractivity contribution in [2.75, 3.05) is 13.2 Å². The zero-order valence-electron chi connectivity index (χ0n) is 7.25. The van der Waals surface area contributed by atoms with Crippen LogP contribution in [0.1, 0.15) is 19.3 Å². The average molecular weight is 183 g/mol. The Bertz CT molecular complexity index is 250. The van der Waals surface area contributed by atoms with Crippen LogP contribution in [0.3, 0.4) is 0 Å². The second kappa shape index (κ2) is 3.12. The van der Waals surface area contributed by atoms with Crippen LogP contribution in [0.25, 0.3) is 0 Å². The topological polar surface area (TPSA) is 58.6 Å². The molecule has 1 saturated carbocycles. The Morgan fingerprint density at radius 2 is 2.08 bits per heavy atom. The van der Waals surface area contributed by atoms with Crippen LogP contribution in [0.15, 0.2) is 11.8 Å². The second-order valence-electron chi connectivity index (χ2n) is 3.35. The van der Waals surface area contributed by atoms with Crippen LogP contribution < -0.4 is 5.11 Å². The highest BCUT2D eigenvalue weighted by Gasteiger charge is 2.41. The minimum atomic E-state index is -0.663. The molecule has 2 fully saturated rings. The molecule has 2 rings (SSSR count). The molecular weight excluding hydrogens is 172 g/mol. The maximum absolute atomic E-state index is 11.2. The molecule has 0 N–H and O–H groups in total. The van der Waals surface area contributed by atoms with E-state index in [0.717, 1.165) is 0 Å². The van der Waals surface area contributed by atoms with Gasteiger partial charge in [-0.1, -0.05) is 0 Å². The van der Waals surface area contributed by atoms with E-state index in [1.165, 1.54) is 0 Å². The minimum Gasteiger partial charge on any atom is -0.878 e. The molecule has 0 aromatic heterocycles. The molecule has 4 nitrogen and oxygen atoms in total. The fourth-order valence-electron chi connectivity index (χ4n) is 1.79. The number of rotatable bonds is 0. The smallest absolute Gasteiger partial charge is 0.173 e. The van der Waals surface area contributed by atoms with Gasteiger partial charge in [-0.15, -0.1) is 6.26 Å². The number of hydrogen-bond donors (Lipinski definition) is 0. The molecule has 0 atom stereocenters. The standard InChI is InChI=1S/C9H12O4/c10-6-7-5-9(2-1-8(7)11)12-3-4-13-9/h6,10H,1-5H2/p-1/b7-6-. The van der Waals surface area contributed by atoms with Crippen molar-refractivity contribution in [1.29, 1.82) is 0 Å². The van der Waals surface area contributed by atoms with Crippen molar-refractivity contribution in [1.82, 2.24) is 0 Å². The molecule has 0 aromatic carbocycles. The lowest BCUT2D eigenvalue weighted by atomic mass is 9.89. The molecule has 1 aliphatic heterocycles. The predicted octanol–water partition coefficient (Wildman–Crippen LogP) is -0.273. The molecule has 1 heterocycles. The van der Waals surface area contributed by atoms with Gasteiger partial charge in [-0.3, -0.25) is 4.79 Å². The van der Waals surface area contributed by atoms with E-state index in [0.29, 0.717) is 44.3 Å². The van der Waals surface area contributed by atoms with Gasteiger partial charge in [0, 0.05) is 19.3 Å². The van der Waals surface area contributed by atoms with Gasteiger partial charge in [0.2, 0.25) is 0 Å². The van der Waals surface area contributed by atoms with E-state index in [1.54, 1.807) is 0 Å². The van der Waals surface area contributed by atoms with E-state index in [1.807, 2.05) is 0 Å².